The predicted octanol–water partition coefficient (Wildman–Crippen LogP) is 5.56. The number of benzene rings is 2. The number of nitrogens with one attached hydrogen (secondary N) is 1. The van der Waals surface area contributed by atoms with Crippen molar-refractivity contribution in [3.05, 3.63) is 89.8 Å². The molecule has 0 bridgehead atoms. The van der Waals surface area contributed by atoms with Crippen LogP contribution < -0.4 is 15.3 Å². The van der Waals surface area contributed by atoms with Crippen molar-refractivity contribution in [2.75, 3.05) is 18.9 Å². The Morgan fingerprint density at radius 3 is 2.46 bits per heavy atom. The molecule has 294 valence electrons. The Morgan fingerprint density at radius 1 is 1.11 bits per heavy atom. The summed E-state index contributed by atoms with van der Waals surface area (Å²) in [5.41, 5.74) is 6.73. The number of halogens is 2. The first-order chi connectivity index (χ1) is 25.1. The second-order valence-electron chi connectivity index (χ2n) is 13.1. The Kier molecular flexibility index (Phi) is 14.6. The fourth-order valence-corrected chi connectivity index (χ4v) is 9.27. The molecule has 7 atom stereocenters. The van der Waals surface area contributed by atoms with Crippen LogP contribution in [0.2, 0.25) is 5.02 Å². The molecule has 22 heteroatoms. The molecule has 0 fully saturated rings. The molecule has 0 aliphatic heterocycles. The van der Waals surface area contributed by atoms with Crippen molar-refractivity contribution in [3.8, 4) is 5.75 Å². The summed E-state index contributed by atoms with van der Waals surface area (Å²) in [4.78, 5) is 38.1. The number of fused-ring (bicyclic) bond motifs is 1. The first-order valence-corrected chi connectivity index (χ1v) is 20.9. The van der Waals surface area contributed by atoms with Gasteiger partial charge >= 0.3 is 29.4 Å². The van der Waals surface area contributed by atoms with Crippen LogP contribution >= 0.6 is 35.0 Å². The van der Waals surface area contributed by atoms with E-state index in [2.05, 4.69) is 25.0 Å². The van der Waals surface area contributed by atoms with Crippen LogP contribution in [0.4, 0.5) is 10.1 Å². The second kappa shape index (κ2) is 18.1. The summed E-state index contributed by atoms with van der Waals surface area (Å²) < 4.78 is 80.8. The van der Waals surface area contributed by atoms with Gasteiger partial charge in [-0.3, -0.25) is 9.32 Å². The van der Waals surface area contributed by atoms with E-state index >= 15 is 4.39 Å². The number of phosphoric acid groups is 2. The number of phosphoric ester groups is 1. The molecule has 4 rings (SSSR count). The lowest BCUT2D eigenvalue weighted by atomic mass is 9.98. The highest BCUT2D eigenvalue weighted by molar-refractivity contribution is 7.68. The number of esters is 1. The molecule has 2 aromatic carbocycles. The van der Waals surface area contributed by atoms with E-state index in [-0.39, 0.29) is 29.5 Å². The number of ether oxygens (including phenoxy) is 1. The summed E-state index contributed by atoms with van der Waals surface area (Å²) in [6, 6.07) is 8.44. The first-order valence-electron chi connectivity index (χ1n) is 16.0. The van der Waals surface area contributed by atoms with Crippen molar-refractivity contribution in [1.29, 1.82) is 0 Å². The Morgan fingerprint density at radius 2 is 1.81 bits per heavy atom. The lowest BCUT2D eigenvalue weighted by Crippen LogP contribution is -2.39. The monoisotopic (exact) mass is 835 g/mol. The molecule has 0 spiro atoms. The number of hydrogen-bond acceptors (Lipinski definition) is 13. The molecule has 3 aromatic rings. The van der Waals surface area contributed by atoms with Crippen LogP contribution in [0.3, 0.4) is 0 Å². The fourth-order valence-electron chi connectivity index (χ4n) is 4.65. The highest BCUT2D eigenvalue weighted by Crippen LogP contribution is 2.67. The average molecular weight is 836 g/mol. The van der Waals surface area contributed by atoms with Crippen molar-refractivity contribution in [2.45, 2.75) is 58.2 Å². The number of aromatic nitrogens is 2. The zero-order valence-electron chi connectivity index (χ0n) is 29.1. The molecule has 0 saturated heterocycles. The van der Waals surface area contributed by atoms with Crippen molar-refractivity contribution < 1.29 is 65.3 Å². The van der Waals surface area contributed by atoms with E-state index in [1.165, 1.54) is 53.4 Å². The van der Waals surface area contributed by atoms with Crippen LogP contribution in [-0.2, 0) is 42.9 Å². The van der Waals surface area contributed by atoms with Crippen molar-refractivity contribution >= 4 is 57.7 Å². The minimum absolute atomic E-state index is 0.0730. The SMILES string of the molecule is CC(C)(C)COC(=O)[C@H](CC1=CC=C[C+]=C1)NP(=O)(Oc1ccccc1)OP(=O)(O)OP(=O)(O)OC[C@@H](O)[C@H](O)C(F)Cn1cnc2c(N)cc(Cl)cc21. The summed E-state index contributed by atoms with van der Waals surface area (Å²) >= 11 is 6.02. The predicted molar refractivity (Wildman–Crippen MR) is 196 cm³/mol. The van der Waals surface area contributed by atoms with Crippen molar-refractivity contribution in [3.63, 3.8) is 0 Å². The number of rotatable bonds is 19. The zero-order chi connectivity index (χ0) is 39.9. The van der Waals surface area contributed by atoms with E-state index in [1.54, 1.807) is 45.1 Å². The van der Waals surface area contributed by atoms with E-state index in [0.717, 1.165) is 0 Å². The molecule has 1 aliphatic rings. The zero-order valence-corrected chi connectivity index (χ0v) is 32.5. The van der Waals surface area contributed by atoms with Crippen LogP contribution in [0.1, 0.15) is 27.2 Å². The Balaban J connectivity index is 1.46. The lowest BCUT2D eigenvalue weighted by molar-refractivity contribution is -0.148. The Labute approximate surface area is 315 Å². The maximum atomic E-state index is 15.1. The van der Waals surface area contributed by atoms with Crippen LogP contribution in [-0.4, -0.2) is 73.2 Å². The smallest absolute Gasteiger partial charge is 0.464 e. The number of carbonyl (C=O) groups excluding carboxylic acids is 1. The standard InChI is InChI=1S/C32H39ClFN4O13P3/c1-32(2,3)19-47-31(41)26(14-21-10-6-4-7-11-21)37-52(42,49-23-12-8-5-9-13-23)50-54(45,46)51-53(43,44)48-18-28(39)30(40)24(34)17-38-20-36-29-25(35)15-22(33)16-27(29)38/h4-6,8-13,15-16,20,24,26,28,30,39-40H,14,17-19,35H2,1-3H3,(H2-,37,42,43,44,45,46)/p+1/t24?,26-,28+,30+,52?/m0/s1. The van der Waals surface area contributed by atoms with Gasteiger partial charge in [-0.1, -0.05) is 50.6 Å². The number of para-hydroxylation sites is 1. The quantitative estimate of drug-likeness (QED) is 0.0374. The number of alkyl halides is 1. The number of hydrogen-bond donors (Lipinski definition) is 6. The van der Waals surface area contributed by atoms with E-state index in [0.29, 0.717) is 16.6 Å². The highest BCUT2D eigenvalue weighted by Gasteiger charge is 2.46. The van der Waals surface area contributed by atoms with E-state index < -0.39 is 72.3 Å². The second-order valence-corrected chi connectivity index (χ2v) is 18.4. The van der Waals surface area contributed by atoms with Gasteiger partial charge < -0.3 is 39.6 Å². The van der Waals surface area contributed by atoms with E-state index in [9.17, 15) is 38.5 Å². The lowest BCUT2D eigenvalue weighted by Gasteiger charge is -2.27. The minimum atomic E-state index is -5.95. The molecule has 1 heterocycles. The average Bonchev–Trinajstić information content (AvgIpc) is 3.47. The summed E-state index contributed by atoms with van der Waals surface area (Å²) in [6.07, 6.45) is 3.58. The normalized spacial score (nSPS) is 18.6. The van der Waals surface area contributed by atoms with Gasteiger partial charge in [0.2, 0.25) is 0 Å². The minimum Gasteiger partial charge on any atom is -0.464 e. The van der Waals surface area contributed by atoms with Gasteiger partial charge in [-0.25, -0.2) is 23.1 Å². The highest BCUT2D eigenvalue weighted by atomic mass is 35.5. The maximum absolute atomic E-state index is 15.1. The first kappa shape index (κ1) is 43.4. The fraction of sp³-hybridized carbons (Fsp3) is 0.375. The number of nitrogen functional groups attached to an aromatic ring is 1. The Bertz CT molecular complexity index is 2030. The number of carbonyl (C=O) groups is 1. The number of anilines is 1. The van der Waals surface area contributed by atoms with Crippen LogP contribution in [0.25, 0.3) is 11.0 Å². The van der Waals surface area contributed by atoms with E-state index in [4.69, 9.17) is 30.9 Å². The van der Waals surface area contributed by atoms with Crippen LogP contribution in [0.15, 0.2) is 78.7 Å². The summed E-state index contributed by atoms with van der Waals surface area (Å²) in [5, 5.41) is 23.2. The van der Waals surface area contributed by atoms with Crippen molar-refractivity contribution in [1.82, 2.24) is 14.6 Å². The molecule has 1 aromatic heterocycles. The molecule has 17 nitrogen and oxygen atoms in total. The Hall–Kier alpha value is -3.30. The molecule has 54 heavy (non-hydrogen) atoms. The van der Waals surface area contributed by atoms with Gasteiger partial charge in [-0.15, -0.1) is 0 Å². The number of aliphatic hydroxyl groups is 2. The number of aliphatic hydroxyl groups excluding tert-OH is 2. The molecule has 0 saturated carbocycles. The topological polar surface area (TPSA) is 251 Å². The summed E-state index contributed by atoms with van der Waals surface area (Å²) in [5.74, 6) is -1.13. The molecular weight excluding hydrogens is 796 g/mol. The van der Waals surface area contributed by atoms with E-state index in [1.807, 2.05) is 0 Å². The third kappa shape index (κ3) is 13.2. The molecule has 7 N–H and O–H groups in total. The summed E-state index contributed by atoms with van der Waals surface area (Å²) in [6.45, 7) is 3.44. The van der Waals surface area contributed by atoms with Gasteiger partial charge in [0, 0.05) is 23.6 Å². The van der Waals surface area contributed by atoms with Crippen LogP contribution in [0, 0.1) is 11.5 Å². The van der Waals surface area contributed by atoms with Gasteiger partial charge in [-0.05, 0) is 29.7 Å². The van der Waals surface area contributed by atoms with Gasteiger partial charge in [0.1, 0.15) is 47.8 Å². The third-order valence-corrected chi connectivity index (χ3v) is 12.2. The number of allylic oxidation sites excluding steroid dienone is 5. The molecular formula is C32H40ClFN4O13P3+. The van der Waals surface area contributed by atoms with Gasteiger partial charge in [0.25, 0.3) is 0 Å². The number of nitrogens with two attached hydrogens (primary N) is 1. The van der Waals surface area contributed by atoms with Gasteiger partial charge in [0.15, 0.2) is 0 Å². The van der Waals surface area contributed by atoms with Crippen LogP contribution in [0.5, 0.6) is 5.75 Å². The largest absolute Gasteiger partial charge is 0.490 e. The third-order valence-electron chi connectivity index (χ3n) is 7.11. The number of nitrogens with zero attached hydrogens (tertiary/aromatic N) is 2. The molecule has 4 unspecified atom stereocenters. The summed E-state index contributed by atoms with van der Waals surface area (Å²) in [7, 11) is -16.9. The van der Waals surface area contributed by atoms with Gasteiger partial charge in [0.05, 0.1) is 48.9 Å². The number of imidazole rings is 1. The van der Waals surface area contributed by atoms with Crippen molar-refractivity contribution in [2.24, 2.45) is 5.41 Å². The molecule has 0 radical (unpaired) electrons. The molecule has 1 aliphatic carbocycles. The maximum Gasteiger partial charge on any atom is 0.490 e. The van der Waals surface area contributed by atoms with Gasteiger partial charge in [-0.2, -0.15) is 13.7 Å². The molecule has 0 amide bonds.